The average molecular weight is 298 g/mol. The second-order valence-electron chi connectivity index (χ2n) is 4.97. The Bertz CT molecular complexity index is 566. The van der Waals surface area contributed by atoms with E-state index in [9.17, 15) is 18.4 Å². The predicted molar refractivity (Wildman–Crippen MR) is 64.7 cm³/mol. The molecule has 9 heteroatoms. The maximum Gasteiger partial charge on any atom is 0.407 e. The molecule has 2 N–H and O–H groups in total. The summed E-state index contributed by atoms with van der Waals surface area (Å²) in [6.45, 7) is 0. The van der Waals surface area contributed by atoms with Crippen LogP contribution in [0.25, 0.3) is 0 Å². The van der Waals surface area contributed by atoms with Crippen molar-refractivity contribution < 1.29 is 23.1 Å². The smallest absolute Gasteiger partial charge is 0.407 e. The van der Waals surface area contributed by atoms with Crippen molar-refractivity contribution in [2.45, 2.75) is 37.5 Å². The number of amides is 2. The van der Waals surface area contributed by atoms with Crippen LogP contribution in [0, 0.1) is 0 Å². The van der Waals surface area contributed by atoms with Gasteiger partial charge in [-0.15, -0.1) is 0 Å². The molecule has 3 rings (SSSR count). The Balaban J connectivity index is 1.65. The summed E-state index contributed by atoms with van der Waals surface area (Å²) < 4.78 is 29.7. The van der Waals surface area contributed by atoms with Crippen molar-refractivity contribution in [3.8, 4) is 0 Å². The van der Waals surface area contributed by atoms with E-state index in [0.717, 1.165) is 12.4 Å². The van der Waals surface area contributed by atoms with Gasteiger partial charge in [-0.3, -0.25) is 4.79 Å². The van der Waals surface area contributed by atoms with Gasteiger partial charge in [-0.25, -0.2) is 23.5 Å². The lowest BCUT2D eigenvalue weighted by molar-refractivity contribution is 0.0659. The van der Waals surface area contributed by atoms with Crippen LogP contribution in [0.5, 0.6) is 0 Å². The quantitative estimate of drug-likeness (QED) is 0.860. The summed E-state index contributed by atoms with van der Waals surface area (Å²) in [6, 6.07) is -0.324. The number of alkyl carbamates (subject to hydrolysis) is 1. The topological polar surface area (TPSA) is 93.2 Å². The summed E-state index contributed by atoms with van der Waals surface area (Å²) >= 11 is 0. The van der Waals surface area contributed by atoms with Crippen molar-refractivity contribution in [1.82, 2.24) is 20.6 Å². The fourth-order valence-corrected chi connectivity index (χ4v) is 2.56. The van der Waals surface area contributed by atoms with Gasteiger partial charge >= 0.3 is 6.09 Å². The van der Waals surface area contributed by atoms with Gasteiger partial charge < -0.3 is 15.4 Å². The second kappa shape index (κ2) is 5.23. The Morgan fingerprint density at radius 1 is 1.38 bits per heavy atom. The summed E-state index contributed by atoms with van der Waals surface area (Å²) in [4.78, 5) is 30.1. The maximum absolute atomic E-state index is 12.3. The van der Waals surface area contributed by atoms with Crippen LogP contribution >= 0.6 is 0 Å². The van der Waals surface area contributed by atoms with E-state index in [2.05, 4.69) is 20.6 Å². The molecule has 0 radical (unpaired) electrons. The van der Waals surface area contributed by atoms with E-state index in [0.29, 0.717) is 12.8 Å². The van der Waals surface area contributed by atoms with Crippen LogP contribution in [0.1, 0.15) is 35.4 Å². The zero-order chi connectivity index (χ0) is 15.0. The van der Waals surface area contributed by atoms with E-state index < -0.39 is 24.3 Å². The van der Waals surface area contributed by atoms with Crippen LogP contribution < -0.4 is 10.6 Å². The molecular formula is C12H12F2N4O3. The van der Waals surface area contributed by atoms with Gasteiger partial charge in [0, 0.05) is 24.9 Å². The Morgan fingerprint density at radius 2 is 2.10 bits per heavy atom. The Hall–Kier alpha value is -2.32. The number of rotatable bonds is 3. The normalized spacial score (nSPS) is 27.2. The molecule has 2 amide bonds. The Kier molecular flexibility index (Phi) is 3.40. The largest absolute Gasteiger partial charge is 0.444 e. The molecule has 1 aromatic heterocycles. The van der Waals surface area contributed by atoms with Crippen LogP contribution in [-0.4, -0.2) is 40.2 Å². The number of hydrogen-bond acceptors (Lipinski definition) is 5. The number of nitrogens with zero attached hydrogens (tertiary/aromatic N) is 2. The summed E-state index contributed by atoms with van der Waals surface area (Å²) in [7, 11) is 0. The highest BCUT2D eigenvalue weighted by molar-refractivity contribution is 5.93. The summed E-state index contributed by atoms with van der Waals surface area (Å²) in [5.41, 5.74) is 0.0835. The van der Waals surface area contributed by atoms with Gasteiger partial charge in [0.05, 0.1) is 11.6 Å². The van der Waals surface area contributed by atoms with E-state index >= 15 is 0 Å². The van der Waals surface area contributed by atoms with Gasteiger partial charge in [-0.05, 0) is 6.42 Å². The third-order valence-electron chi connectivity index (χ3n) is 3.53. The van der Waals surface area contributed by atoms with Crippen LogP contribution in [0.2, 0.25) is 0 Å². The fourth-order valence-electron chi connectivity index (χ4n) is 2.56. The van der Waals surface area contributed by atoms with Crippen molar-refractivity contribution >= 4 is 12.0 Å². The molecule has 7 nitrogen and oxygen atoms in total. The van der Waals surface area contributed by atoms with Crippen LogP contribution in [-0.2, 0) is 4.74 Å². The Morgan fingerprint density at radius 3 is 2.76 bits per heavy atom. The highest BCUT2D eigenvalue weighted by Crippen LogP contribution is 2.27. The van der Waals surface area contributed by atoms with Gasteiger partial charge in [-0.1, -0.05) is 0 Å². The minimum atomic E-state index is -2.78. The molecule has 1 aliphatic heterocycles. The molecule has 0 aromatic carbocycles. The van der Waals surface area contributed by atoms with Gasteiger partial charge in [0.15, 0.2) is 5.82 Å². The average Bonchev–Trinajstić information content (AvgIpc) is 2.73. The first-order valence-electron chi connectivity index (χ1n) is 6.41. The third kappa shape index (κ3) is 2.76. The van der Waals surface area contributed by atoms with Crippen LogP contribution in [0.15, 0.2) is 12.4 Å². The zero-order valence-electron chi connectivity index (χ0n) is 10.8. The lowest BCUT2D eigenvalue weighted by Gasteiger charge is -2.22. The van der Waals surface area contributed by atoms with E-state index in [1.165, 1.54) is 0 Å². The van der Waals surface area contributed by atoms with E-state index in [1.54, 1.807) is 0 Å². The molecule has 1 aromatic rings. The summed E-state index contributed by atoms with van der Waals surface area (Å²) in [6.07, 6.45) is -0.326. The molecule has 1 saturated carbocycles. The molecule has 1 saturated heterocycles. The number of ether oxygens (including phenoxy) is 1. The molecule has 21 heavy (non-hydrogen) atoms. The molecule has 112 valence electrons. The third-order valence-corrected chi connectivity index (χ3v) is 3.53. The van der Waals surface area contributed by atoms with Crippen LogP contribution in [0.4, 0.5) is 13.6 Å². The van der Waals surface area contributed by atoms with Crippen molar-refractivity contribution in [3.63, 3.8) is 0 Å². The summed E-state index contributed by atoms with van der Waals surface area (Å²) in [5.74, 6) is -1.11. The first kappa shape index (κ1) is 13.7. The molecule has 2 fully saturated rings. The van der Waals surface area contributed by atoms with Crippen molar-refractivity contribution in [2.24, 2.45) is 0 Å². The number of hydrogen-bond donors (Lipinski definition) is 2. The molecule has 0 spiro atoms. The molecular weight excluding hydrogens is 286 g/mol. The van der Waals surface area contributed by atoms with Gasteiger partial charge in [0.1, 0.15) is 6.10 Å². The first-order chi connectivity index (χ1) is 10.0. The van der Waals surface area contributed by atoms with Gasteiger partial charge in [-0.2, -0.15) is 0 Å². The molecule has 1 aliphatic carbocycles. The van der Waals surface area contributed by atoms with E-state index in [1.807, 2.05) is 0 Å². The Labute approximate surface area is 118 Å². The van der Waals surface area contributed by atoms with Crippen LogP contribution in [0.3, 0.4) is 0 Å². The highest BCUT2D eigenvalue weighted by atomic mass is 19.3. The monoisotopic (exact) mass is 298 g/mol. The molecule has 3 atom stereocenters. The van der Waals surface area contributed by atoms with Gasteiger partial charge in [0.2, 0.25) is 0 Å². The zero-order valence-corrected chi connectivity index (χ0v) is 10.8. The van der Waals surface area contributed by atoms with Crippen molar-refractivity contribution in [2.75, 3.05) is 0 Å². The minimum absolute atomic E-state index is 0.0148. The lowest BCUT2D eigenvalue weighted by Crippen LogP contribution is -2.44. The number of nitrogens with one attached hydrogen (secondary N) is 2. The number of fused-ring (bicyclic) bond motifs is 2. The van der Waals surface area contributed by atoms with Crippen molar-refractivity contribution in [1.29, 1.82) is 0 Å². The highest BCUT2D eigenvalue weighted by Gasteiger charge is 2.42. The number of carbonyl (C=O) groups excluding carboxylic acids is 2. The number of alkyl halides is 2. The predicted octanol–water partition coefficient (Wildman–Crippen LogP) is 0.783. The maximum atomic E-state index is 12.3. The molecule has 0 unspecified atom stereocenters. The molecule has 2 bridgehead atoms. The second-order valence-corrected chi connectivity index (χ2v) is 4.97. The first-order valence-corrected chi connectivity index (χ1v) is 6.41. The number of aromatic nitrogens is 2. The van der Waals surface area contributed by atoms with E-state index in [-0.39, 0.29) is 23.8 Å². The standard InChI is InChI=1S/C12H12F2N4O3/c13-9(14)10-15-3-5(4-16-10)11(19)18-7-1-6-2-8(7)21-12(20)17-6/h3-4,6-9H,1-2H2,(H,17,20)(H,18,19)/t6-,7-,8-/m1/s1. The summed E-state index contributed by atoms with van der Waals surface area (Å²) in [5, 5.41) is 5.36. The molecule has 2 aliphatic rings. The van der Waals surface area contributed by atoms with Crippen molar-refractivity contribution in [3.05, 3.63) is 23.8 Å². The SMILES string of the molecule is O=C1N[C@@H]2C[C@@H](NC(=O)c3cnc(C(F)F)nc3)[C@@H](C2)O1. The fraction of sp³-hybridized carbons (Fsp3) is 0.500. The van der Waals surface area contributed by atoms with E-state index in [4.69, 9.17) is 4.74 Å². The minimum Gasteiger partial charge on any atom is -0.444 e. The number of halogens is 2. The lowest BCUT2D eigenvalue weighted by atomic mass is 10.2. The molecule has 2 heterocycles. The number of carbonyl (C=O) groups is 2. The van der Waals surface area contributed by atoms with Gasteiger partial charge in [0.25, 0.3) is 12.3 Å².